The van der Waals surface area contributed by atoms with E-state index in [0.29, 0.717) is 37.5 Å². The number of hydrogen-bond acceptors (Lipinski definition) is 3. The summed E-state index contributed by atoms with van der Waals surface area (Å²) in [4.78, 5) is 26.3. The Labute approximate surface area is 146 Å². The number of fused-ring (bicyclic) bond motifs is 2. The van der Waals surface area contributed by atoms with Gasteiger partial charge in [-0.25, -0.2) is 0 Å². The van der Waals surface area contributed by atoms with Crippen LogP contribution in [-0.2, 0) is 31.2 Å². The standard InChI is InChI=1S/C19H22N4O2/c1-22-16-8-9-23(11-15(16)18(21-22)19(20)25)17(24)10-13-7-6-12-4-2-3-5-14(12)13/h2-5,13H,6-11H2,1H3,(H2,20,25). The number of nitrogens with zero attached hydrogens (tertiary/aromatic N) is 3. The topological polar surface area (TPSA) is 81.2 Å². The van der Waals surface area contributed by atoms with Crippen LogP contribution in [0.3, 0.4) is 0 Å². The Balaban J connectivity index is 1.51. The molecule has 2 heterocycles. The summed E-state index contributed by atoms with van der Waals surface area (Å²) in [6.45, 7) is 1.09. The first kappa shape index (κ1) is 15.9. The summed E-state index contributed by atoms with van der Waals surface area (Å²) in [5.41, 5.74) is 10.2. The molecule has 0 bridgehead atoms. The van der Waals surface area contributed by atoms with E-state index in [1.807, 2.05) is 18.0 Å². The summed E-state index contributed by atoms with van der Waals surface area (Å²) in [7, 11) is 1.82. The van der Waals surface area contributed by atoms with Gasteiger partial charge in [-0.15, -0.1) is 0 Å². The molecular formula is C19H22N4O2. The van der Waals surface area contributed by atoms with E-state index >= 15 is 0 Å². The zero-order valence-corrected chi connectivity index (χ0v) is 14.4. The number of benzene rings is 1. The normalized spacial score (nSPS) is 18.8. The second-order valence-electron chi connectivity index (χ2n) is 6.97. The van der Waals surface area contributed by atoms with Crippen molar-refractivity contribution in [2.45, 2.75) is 38.1 Å². The van der Waals surface area contributed by atoms with Gasteiger partial charge in [0.15, 0.2) is 5.69 Å². The molecule has 1 atom stereocenters. The van der Waals surface area contributed by atoms with Crippen molar-refractivity contribution in [3.8, 4) is 0 Å². The van der Waals surface area contributed by atoms with Crippen molar-refractivity contribution in [1.29, 1.82) is 0 Å². The molecular weight excluding hydrogens is 316 g/mol. The Morgan fingerprint density at radius 2 is 2.08 bits per heavy atom. The van der Waals surface area contributed by atoms with Gasteiger partial charge in [0.05, 0.1) is 0 Å². The first-order valence-electron chi connectivity index (χ1n) is 8.74. The van der Waals surface area contributed by atoms with Crippen molar-refractivity contribution in [3.63, 3.8) is 0 Å². The van der Waals surface area contributed by atoms with Crippen molar-refractivity contribution >= 4 is 11.8 Å². The molecule has 4 rings (SSSR count). The van der Waals surface area contributed by atoms with E-state index in [4.69, 9.17) is 5.73 Å². The maximum Gasteiger partial charge on any atom is 0.269 e. The monoisotopic (exact) mass is 338 g/mol. The first-order chi connectivity index (χ1) is 12.0. The highest BCUT2D eigenvalue weighted by atomic mass is 16.2. The van der Waals surface area contributed by atoms with Crippen molar-refractivity contribution in [1.82, 2.24) is 14.7 Å². The maximum atomic E-state index is 12.8. The Kier molecular flexibility index (Phi) is 3.82. The first-order valence-corrected chi connectivity index (χ1v) is 8.74. The van der Waals surface area contributed by atoms with Crippen LogP contribution < -0.4 is 5.73 Å². The molecule has 0 fully saturated rings. The van der Waals surface area contributed by atoms with Crippen LogP contribution in [0.2, 0.25) is 0 Å². The van der Waals surface area contributed by atoms with Gasteiger partial charge in [-0.1, -0.05) is 24.3 Å². The van der Waals surface area contributed by atoms with Gasteiger partial charge >= 0.3 is 0 Å². The second kappa shape index (κ2) is 6.02. The van der Waals surface area contributed by atoms with Gasteiger partial charge in [0.2, 0.25) is 5.91 Å². The van der Waals surface area contributed by atoms with E-state index in [2.05, 4.69) is 23.3 Å². The maximum absolute atomic E-state index is 12.8. The number of amides is 2. The molecule has 0 spiro atoms. The predicted octanol–water partition coefficient (Wildman–Crippen LogP) is 1.52. The Morgan fingerprint density at radius 1 is 1.28 bits per heavy atom. The molecule has 0 saturated carbocycles. The van der Waals surface area contributed by atoms with Gasteiger partial charge in [-0.05, 0) is 29.9 Å². The van der Waals surface area contributed by atoms with Gasteiger partial charge in [-0.3, -0.25) is 14.3 Å². The van der Waals surface area contributed by atoms with E-state index in [9.17, 15) is 9.59 Å². The zero-order valence-electron chi connectivity index (χ0n) is 14.4. The fraction of sp³-hybridized carbons (Fsp3) is 0.421. The molecule has 2 aromatic rings. The summed E-state index contributed by atoms with van der Waals surface area (Å²) in [6, 6.07) is 8.40. The molecule has 0 saturated heterocycles. The van der Waals surface area contributed by atoms with Crippen LogP contribution in [0.25, 0.3) is 0 Å². The molecule has 2 aliphatic rings. The number of carbonyl (C=O) groups is 2. The predicted molar refractivity (Wildman–Crippen MR) is 93.0 cm³/mol. The second-order valence-corrected chi connectivity index (χ2v) is 6.97. The van der Waals surface area contributed by atoms with Gasteiger partial charge in [0.25, 0.3) is 5.91 Å². The third kappa shape index (κ3) is 2.71. The number of carbonyl (C=O) groups excluding carboxylic acids is 2. The molecule has 6 nitrogen and oxygen atoms in total. The third-order valence-corrected chi connectivity index (χ3v) is 5.51. The highest BCUT2D eigenvalue weighted by molar-refractivity contribution is 5.92. The van der Waals surface area contributed by atoms with Crippen LogP contribution in [0.5, 0.6) is 0 Å². The quantitative estimate of drug-likeness (QED) is 0.921. The lowest BCUT2D eigenvalue weighted by Gasteiger charge is -2.28. The summed E-state index contributed by atoms with van der Waals surface area (Å²) in [6.07, 6.45) is 3.31. The average molecular weight is 338 g/mol. The van der Waals surface area contributed by atoms with Crippen molar-refractivity contribution in [3.05, 3.63) is 52.3 Å². The van der Waals surface area contributed by atoms with Crippen LogP contribution in [0.4, 0.5) is 0 Å². The molecule has 2 amide bonds. The smallest absolute Gasteiger partial charge is 0.269 e. The lowest BCUT2D eigenvalue weighted by Crippen LogP contribution is -2.37. The largest absolute Gasteiger partial charge is 0.364 e. The van der Waals surface area contributed by atoms with E-state index < -0.39 is 5.91 Å². The van der Waals surface area contributed by atoms with Gasteiger partial charge in [0, 0.05) is 44.2 Å². The molecule has 2 N–H and O–H groups in total. The van der Waals surface area contributed by atoms with Gasteiger partial charge in [0.1, 0.15) is 0 Å². The number of rotatable bonds is 3. The minimum atomic E-state index is -0.532. The highest BCUT2D eigenvalue weighted by Gasteiger charge is 2.31. The number of aryl methyl sites for hydroxylation is 2. The fourth-order valence-corrected chi connectivity index (χ4v) is 4.20. The zero-order chi connectivity index (χ0) is 17.6. The molecule has 25 heavy (non-hydrogen) atoms. The number of nitrogens with two attached hydrogens (primary N) is 1. The highest BCUT2D eigenvalue weighted by Crippen LogP contribution is 2.36. The van der Waals surface area contributed by atoms with Crippen LogP contribution in [0, 0.1) is 0 Å². The number of hydrogen-bond donors (Lipinski definition) is 1. The van der Waals surface area contributed by atoms with Gasteiger partial charge < -0.3 is 10.6 Å². The summed E-state index contributed by atoms with van der Waals surface area (Å²) in [5, 5.41) is 4.22. The van der Waals surface area contributed by atoms with Crippen molar-refractivity contribution in [2.75, 3.05) is 6.54 Å². The Hall–Kier alpha value is -2.63. The molecule has 1 aliphatic heterocycles. The minimum Gasteiger partial charge on any atom is -0.364 e. The molecule has 1 aliphatic carbocycles. The average Bonchev–Trinajstić information content (AvgIpc) is 3.16. The lowest BCUT2D eigenvalue weighted by atomic mass is 9.96. The van der Waals surface area contributed by atoms with Crippen LogP contribution in [0.1, 0.15) is 51.6 Å². The molecule has 1 aromatic heterocycles. The van der Waals surface area contributed by atoms with Crippen LogP contribution in [-0.4, -0.2) is 33.0 Å². The molecule has 1 aromatic carbocycles. The van der Waals surface area contributed by atoms with E-state index in [-0.39, 0.29) is 5.91 Å². The van der Waals surface area contributed by atoms with Crippen LogP contribution in [0.15, 0.2) is 24.3 Å². The van der Waals surface area contributed by atoms with Crippen molar-refractivity contribution in [2.24, 2.45) is 12.8 Å². The number of primary amides is 1. The van der Waals surface area contributed by atoms with Gasteiger partial charge in [-0.2, -0.15) is 5.10 Å². The fourth-order valence-electron chi connectivity index (χ4n) is 4.20. The molecule has 130 valence electrons. The summed E-state index contributed by atoms with van der Waals surface area (Å²) < 4.78 is 1.71. The Morgan fingerprint density at radius 3 is 2.88 bits per heavy atom. The Bertz CT molecular complexity index is 855. The van der Waals surface area contributed by atoms with E-state index in [1.165, 1.54) is 11.1 Å². The minimum absolute atomic E-state index is 0.145. The van der Waals surface area contributed by atoms with E-state index in [1.54, 1.807) is 4.68 Å². The summed E-state index contributed by atoms with van der Waals surface area (Å²) >= 11 is 0. The molecule has 0 radical (unpaired) electrons. The lowest BCUT2D eigenvalue weighted by molar-refractivity contribution is -0.132. The molecule has 1 unspecified atom stereocenters. The SMILES string of the molecule is Cn1nc(C(N)=O)c2c1CCN(C(=O)CC1CCc3ccccc31)C2. The van der Waals surface area contributed by atoms with E-state index in [0.717, 1.165) is 24.1 Å². The summed E-state index contributed by atoms with van der Waals surface area (Å²) in [5.74, 6) is -0.0860. The molecule has 6 heteroatoms. The van der Waals surface area contributed by atoms with Crippen LogP contribution >= 0.6 is 0 Å². The third-order valence-electron chi connectivity index (χ3n) is 5.51. The van der Waals surface area contributed by atoms with Crippen molar-refractivity contribution < 1.29 is 9.59 Å². The number of aromatic nitrogens is 2.